The second-order valence-electron chi connectivity index (χ2n) is 4.98. The number of hydrogen-bond donors (Lipinski definition) is 1. The molecule has 0 amide bonds. The van der Waals surface area contributed by atoms with Crippen molar-refractivity contribution in [2.45, 2.75) is 20.4 Å². The maximum atomic E-state index is 13.4. The van der Waals surface area contributed by atoms with E-state index in [1.54, 1.807) is 0 Å². The number of aromatic carboxylic acids is 1. The Morgan fingerprint density at radius 1 is 1.33 bits per heavy atom. The van der Waals surface area contributed by atoms with Crippen molar-refractivity contribution in [3.63, 3.8) is 0 Å². The van der Waals surface area contributed by atoms with Crippen LogP contribution in [-0.2, 0) is 6.54 Å². The van der Waals surface area contributed by atoms with Gasteiger partial charge >= 0.3 is 10.8 Å². The lowest BCUT2D eigenvalue weighted by Gasteiger charge is -2.11. The van der Waals surface area contributed by atoms with Crippen molar-refractivity contribution < 1.29 is 18.7 Å². The highest BCUT2D eigenvalue weighted by atomic mass is 32.1. The second kappa shape index (κ2) is 5.77. The Labute approximate surface area is 123 Å². The van der Waals surface area contributed by atoms with Gasteiger partial charge in [-0.2, -0.15) is 0 Å². The van der Waals surface area contributed by atoms with E-state index in [2.05, 4.69) is 0 Å². The SMILES string of the molecule is CC(C)Cn1c(-c2ccc(F)c(F)c2)c(C(=O)O)sc1=O. The molecule has 0 bridgehead atoms. The minimum Gasteiger partial charge on any atom is -0.477 e. The fourth-order valence-corrected chi connectivity index (χ4v) is 2.87. The van der Waals surface area contributed by atoms with Crippen LogP contribution >= 0.6 is 11.3 Å². The minimum absolute atomic E-state index is 0.1000. The molecule has 2 rings (SSSR count). The minimum atomic E-state index is -1.26. The lowest BCUT2D eigenvalue weighted by atomic mass is 10.1. The van der Waals surface area contributed by atoms with Gasteiger partial charge in [-0.05, 0) is 24.1 Å². The zero-order valence-corrected chi connectivity index (χ0v) is 12.2. The predicted molar refractivity (Wildman–Crippen MR) is 75.7 cm³/mol. The van der Waals surface area contributed by atoms with Crippen LogP contribution in [0.25, 0.3) is 11.3 Å². The molecule has 1 heterocycles. The highest BCUT2D eigenvalue weighted by Crippen LogP contribution is 2.28. The first-order valence-electron chi connectivity index (χ1n) is 6.23. The van der Waals surface area contributed by atoms with E-state index in [-0.39, 0.29) is 22.1 Å². The highest BCUT2D eigenvalue weighted by molar-refractivity contribution is 7.11. The maximum absolute atomic E-state index is 13.4. The topological polar surface area (TPSA) is 59.3 Å². The molecule has 4 nitrogen and oxygen atoms in total. The molecule has 0 saturated heterocycles. The summed E-state index contributed by atoms with van der Waals surface area (Å²) in [7, 11) is 0. The summed E-state index contributed by atoms with van der Waals surface area (Å²) in [6, 6.07) is 3.08. The molecule has 21 heavy (non-hydrogen) atoms. The fourth-order valence-electron chi connectivity index (χ4n) is 2.01. The molecular weight excluding hydrogens is 300 g/mol. The Balaban J connectivity index is 2.71. The average molecular weight is 313 g/mol. The smallest absolute Gasteiger partial charge is 0.348 e. The fraction of sp³-hybridized carbons (Fsp3) is 0.286. The summed E-state index contributed by atoms with van der Waals surface area (Å²) < 4.78 is 27.7. The largest absolute Gasteiger partial charge is 0.477 e. The van der Waals surface area contributed by atoms with Gasteiger partial charge in [0.15, 0.2) is 11.6 Å². The van der Waals surface area contributed by atoms with Gasteiger partial charge in [-0.1, -0.05) is 25.2 Å². The number of thiazole rings is 1. The normalized spacial score (nSPS) is 11.1. The van der Waals surface area contributed by atoms with Crippen LogP contribution in [0.2, 0.25) is 0 Å². The summed E-state index contributed by atoms with van der Waals surface area (Å²) >= 11 is 0.588. The molecule has 7 heteroatoms. The number of halogens is 2. The Morgan fingerprint density at radius 2 is 2.00 bits per heavy atom. The zero-order chi connectivity index (χ0) is 15.7. The first kappa shape index (κ1) is 15.4. The first-order chi connectivity index (χ1) is 9.81. The van der Waals surface area contributed by atoms with Crippen LogP contribution in [0.5, 0.6) is 0 Å². The predicted octanol–water partition coefficient (Wildman–Crippen LogP) is 3.21. The molecule has 0 radical (unpaired) electrons. The first-order valence-corrected chi connectivity index (χ1v) is 7.05. The van der Waals surface area contributed by atoms with Crippen molar-refractivity contribution in [1.82, 2.24) is 4.57 Å². The molecule has 0 saturated carbocycles. The molecule has 1 aromatic carbocycles. The van der Waals surface area contributed by atoms with Gasteiger partial charge in [0.25, 0.3) is 0 Å². The summed E-state index contributed by atoms with van der Waals surface area (Å²) in [6.07, 6.45) is 0. The summed E-state index contributed by atoms with van der Waals surface area (Å²) in [5.74, 6) is -3.27. The number of aromatic nitrogens is 1. The standard InChI is InChI=1S/C14H13F2NO3S/c1-7(2)6-17-11(12(13(18)19)21-14(17)20)8-3-4-9(15)10(16)5-8/h3-5,7H,6H2,1-2H3,(H,18,19). The van der Waals surface area contributed by atoms with Crippen LogP contribution in [0.4, 0.5) is 8.78 Å². The van der Waals surface area contributed by atoms with Crippen molar-refractivity contribution in [2.75, 3.05) is 0 Å². The van der Waals surface area contributed by atoms with Crippen LogP contribution in [-0.4, -0.2) is 15.6 Å². The molecule has 0 fully saturated rings. The number of hydrogen-bond acceptors (Lipinski definition) is 3. The summed E-state index contributed by atoms with van der Waals surface area (Å²) in [6.45, 7) is 4.05. The zero-order valence-electron chi connectivity index (χ0n) is 11.4. The van der Waals surface area contributed by atoms with E-state index < -0.39 is 22.5 Å². The van der Waals surface area contributed by atoms with E-state index in [1.807, 2.05) is 13.8 Å². The lowest BCUT2D eigenvalue weighted by Crippen LogP contribution is -2.17. The molecule has 0 aliphatic heterocycles. The van der Waals surface area contributed by atoms with Crippen LogP contribution in [0, 0.1) is 17.6 Å². The van der Waals surface area contributed by atoms with Gasteiger partial charge in [-0.3, -0.25) is 9.36 Å². The van der Waals surface area contributed by atoms with Crippen molar-refractivity contribution >= 4 is 17.3 Å². The van der Waals surface area contributed by atoms with E-state index in [4.69, 9.17) is 0 Å². The molecule has 0 spiro atoms. The van der Waals surface area contributed by atoms with Crippen LogP contribution in [0.15, 0.2) is 23.0 Å². The molecule has 1 aromatic heterocycles. The quantitative estimate of drug-likeness (QED) is 0.943. The maximum Gasteiger partial charge on any atom is 0.348 e. The van der Waals surface area contributed by atoms with Crippen molar-refractivity contribution in [3.8, 4) is 11.3 Å². The summed E-state index contributed by atoms with van der Waals surface area (Å²) in [5.41, 5.74) is 0.287. The van der Waals surface area contributed by atoms with Gasteiger partial charge < -0.3 is 5.11 Å². The van der Waals surface area contributed by atoms with Gasteiger partial charge in [0.05, 0.1) is 5.69 Å². The van der Waals surface area contributed by atoms with Gasteiger partial charge in [0.1, 0.15) is 4.88 Å². The number of carboxylic acid groups (broad SMARTS) is 1. The highest BCUT2D eigenvalue weighted by Gasteiger charge is 2.22. The third-order valence-electron chi connectivity index (χ3n) is 2.83. The number of benzene rings is 1. The summed E-state index contributed by atoms with van der Waals surface area (Å²) in [4.78, 5) is 22.7. The number of nitrogens with zero attached hydrogens (tertiary/aromatic N) is 1. The van der Waals surface area contributed by atoms with E-state index in [0.29, 0.717) is 17.9 Å². The van der Waals surface area contributed by atoms with E-state index in [9.17, 15) is 23.5 Å². The Bertz CT molecular complexity index is 749. The molecule has 0 aliphatic carbocycles. The van der Waals surface area contributed by atoms with Crippen molar-refractivity contribution in [1.29, 1.82) is 0 Å². The van der Waals surface area contributed by atoms with Gasteiger partial charge in [-0.15, -0.1) is 0 Å². The van der Waals surface area contributed by atoms with Gasteiger partial charge in [-0.25, -0.2) is 13.6 Å². The van der Waals surface area contributed by atoms with Crippen molar-refractivity contribution in [3.05, 3.63) is 44.4 Å². The molecule has 0 unspecified atom stereocenters. The number of rotatable bonds is 4. The van der Waals surface area contributed by atoms with Crippen molar-refractivity contribution in [2.24, 2.45) is 5.92 Å². The van der Waals surface area contributed by atoms with E-state index >= 15 is 0 Å². The third-order valence-corrected chi connectivity index (χ3v) is 3.80. The van der Waals surface area contributed by atoms with Crippen LogP contribution < -0.4 is 4.87 Å². The van der Waals surface area contributed by atoms with E-state index in [0.717, 1.165) is 12.1 Å². The second-order valence-corrected chi connectivity index (χ2v) is 5.95. The van der Waals surface area contributed by atoms with Crippen LogP contribution in [0.3, 0.4) is 0 Å². The molecular formula is C14H13F2NO3S. The Kier molecular flexibility index (Phi) is 4.22. The Hall–Kier alpha value is -2.02. The number of carbonyl (C=O) groups is 1. The van der Waals surface area contributed by atoms with Gasteiger partial charge in [0, 0.05) is 12.1 Å². The van der Waals surface area contributed by atoms with Crippen LogP contribution in [0.1, 0.15) is 23.5 Å². The molecule has 0 aliphatic rings. The molecule has 1 N–H and O–H groups in total. The lowest BCUT2D eigenvalue weighted by molar-refractivity contribution is 0.0702. The molecule has 2 aromatic rings. The van der Waals surface area contributed by atoms with Gasteiger partial charge in [0.2, 0.25) is 0 Å². The monoisotopic (exact) mass is 313 g/mol. The number of carboxylic acids is 1. The molecule has 0 atom stereocenters. The molecule has 112 valence electrons. The Morgan fingerprint density at radius 3 is 2.52 bits per heavy atom. The third kappa shape index (κ3) is 3.02. The summed E-state index contributed by atoms with van der Waals surface area (Å²) in [5, 5.41) is 9.21. The van der Waals surface area contributed by atoms with E-state index in [1.165, 1.54) is 10.6 Å². The average Bonchev–Trinajstić information content (AvgIpc) is 2.70.